The maximum atomic E-state index is 12.7. The van der Waals surface area contributed by atoms with Crippen molar-refractivity contribution in [1.29, 1.82) is 0 Å². The van der Waals surface area contributed by atoms with Gasteiger partial charge in [-0.15, -0.1) is 0 Å². The molecule has 3 rings (SSSR count). The van der Waals surface area contributed by atoms with Crippen LogP contribution in [0.1, 0.15) is 30.5 Å². The first-order valence-corrected chi connectivity index (χ1v) is 9.93. The predicted molar refractivity (Wildman–Crippen MR) is 104 cm³/mol. The van der Waals surface area contributed by atoms with E-state index in [0.29, 0.717) is 30.2 Å². The van der Waals surface area contributed by atoms with Gasteiger partial charge in [0.05, 0.1) is 5.02 Å². The molecule has 1 aliphatic heterocycles. The van der Waals surface area contributed by atoms with Crippen LogP contribution in [0, 0.1) is 6.92 Å². The van der Waals surface area contributed by atoms with Gasteiger partial charge < -0.3 is 14.7 Å². The lowest BCUT2D eigenvalue weighted by Gasteiger charge is -2.27. The highest BCUT2D eigenvalue weighted by molar-refractivity contribution is 6.32. The maximum absolute atomic E-state index is 12.7. The van der Waals surface area contributed by atoms with Gasteiger partial charge in [0.25, 0.3) is 0 Å². The molecule has 2 aromatic rings. The smallest absolute Gasteiger partial charge is 0.435 e. The molecular weight excluding hydrogens is 423 g/mol. The third-order valence-corrected chi connectivity index (χ3v) is 5.39. The van der Waals surface area contributed by atoms with Crippen molar-refractivity contribution in [3.05, 3.63) is 46.7 Å². The average molecular weight is 446 g/mol. The fraction of sp³-hybridized carbons (Fsp3) is 0.500. The number of amides is 1. The van der Waals surface area contributed by atoms with Crippen LogP contribution in [-0.4, -0.2) is 51.0 Å². The maximum Gasteiger partial charge on any atom is 0.435 e. The second-order valence-electron chi connectivity index (χ2n) is 7.58. The van der Waals surface area contributed by atoms with Gasteiger partial charge in [0, 0.05) is 19.3 Å². The molecule has 1 fully saturated rings. The monoisotopic (exact) mass is 445 g/mol. The first-order valence-electron chi connectivity index (χ1n) is 9.55. The minimum absolute atomic E-state index is 0.0340. The molecule has 0 spiro atoms. The van der Waals surface area contributed by atoms with Crippen LogP contribution in [0.3, 0.4) is 0 Å². The molecule has 10 heteroatoms. The Morgan fingerprint density at radius 2 is 2.07 bits per heavy atom. The van der Waals surface area contributed by atoms with Crippen LogP contribution in [0.15, 0.2) is 30.5 Å². The molecule has 0 radical (unpaired) electrons. The normalized spacial score (nSPS) is 20.1. The summed E-state index contributed by atoms with van der Waals surface area (Å²) in [5.41, 5.74) is -1.18. The van der Waals surface area contributed by atoms with Crippen molar-refractivity contribution in [3.8, 4) is 5.75 Å². The minimum Gasteiger partial charge on any atom is -0.489 e. The average Bonchev–Trinajstić information content (AvgIpc) is 3.05. The van der Waals surface area contributed by atoms with E-state index in [1.807, 2.05) is 13.0 Å². The van der Waals surface area contributed by atoms with Gasteiger partial charge in [-0.05, 0) is 49.9 Å². The summed E-state index contributed by atoms with van der Waals surface area (Å²) in [7, 11) is 0. The lowest BCUT2D eigenvalue weighted by molar-refractivity contribution is -0.142. The van der Waals surface area contributed by atoms with Crippen molar-refractivity contribution in [1.82, 2.24) is 14.7 Å². The number of hydrogen-bond acceptors (Lipinski definition) is 4. The molecule has 1 aromatic carbocycles. The van der Waals surface area contributed by atoms with E-state index in [1.54, 1.807) is 12.1 Å². The van der Waals surface area contributed by atoms with Gasteiger partial charge in [-0.25, -0.2) is 0 Å². The highest BCUT2D eigenvalue weighted by Crippen LogP contribution is 2.29. The zero-order chi connectivity index (χ0) is 21.9. The van der Waals surface area contributed by atoms with Gasteiger partial charge >= 0.3 is 6.18 Å². The zero-order valence-electron chi connectivity index (χ0n) is 16.5. The van der Waals surface area contributed by atoms with Crippen LogP contribution in [0.4, 0.5) is 13.2 Å². The van der Waals surface area contributed by atoms with Gasteiger partial charge in [0.1, 0.15) is 24.5 Å². The van der Waals surface area contributed by atoms with E-state index in [-0.39, 0.29) is 32.0 Å². The number of aromatic nitrogens is 2. The topological polar surface area (TPSA) is 67.6 Å². The predicted octanol–water partition coefficient (Wildman–Crippen LogP) is 3.69. The third kappa shape index (κ3) is 5.66. The summed E-state index contributed by atoms with van der Waals surface area (Å²) in [5.74, 6) is 0.139. The number of carbonyl (C=O) groups excluding carboxylic acids is 1. The fourth-order valence-electron chi connectivity index (χ4n) is 3.35. The van der Waals surface area contributed by atoms with Gasteiger partial charge in [0.15, 0.2) is 5.69 Å². The van der Waals surface area contributed by atoms with Gasteiger partial charge in [-0.3, -0.25) is 9.48 Å². The minimum atomic E-state index is -4.55. The Kier molecular flexibility index (Phi) is 6.62. The summed E-state index contributed by atoms with van der Waals surface area (Å²) in [4.78, 5) is 14.0. The second kappa shape index (κ2) is 8.85. The number of halogens is 4. The van der Waals surface area contributed by atoms with E-state index in [1.165, 1.54) is 4.90 Å². The lowest BCUT2D eigenvalue weighted by Crippen LogP contribution is -2.39. The number of alkyl halides is 3. The van der Waals surface area contributed by atoms with Crippen molar-refractivity contribution < 1.29 is 27.8 Å². The van der Waals surface area contributed by atoms with Crippen molar-refractivity contribution in [3.63, 3.8) is 0 Å². The Balaban J connectivity index is 1.56. The molecule has 1 saturated heterocycles. The molecule has 0 saturated carbocycles. The van der Waals surface area contributed by atoms with Gasteiger partial charge in [-0.1, -0.05) is 17.7 Å². The summed E-state index contributed by atoms with van der Waals surface area (Å²) < 4.78 is 44.7. The van der Waals surface area contributed by atoms with E-state index < -0.39 is 17.5 Å². The van der Waals surface area contributed by atoms with E-state index in [4.69, 9.17) is 16.3 Å². The van der Waals surface area contributed by atoms with Crippen molar-refractivity contribution in [2.75, 3.05) is 19.7 Å². The number of hydrogen-bond donors (Lipinski definition) is 1. The molecule has 6 nitrogen and oxygen atoms in total. The number of likely N-dealkylation sites (tertiary alicyclic amines) is 1. The van der Waals surface area contributed by atoms with Crippen LogP contribution in [0.2, 0.25) is 5.02 Å². The van der Waals surface area contributed by atoms with Gasteiger partial charge in [-0.2, -0.15) is 18.3 Å². The summed E-state index contributed by atoms with van der Waals surface area (Å²) in [6.45, 7) is 2.33. The zero-order valence-corrected chi connectivity index (χ0v) is 17.2. The summed E-state index contributed by atoms with van der Waals surface area (Å²) in [6, 6.07) is 6.21. The number of benzene rings is 1. The Labute approximate surface area is 177 Å². The number of rotatable bonds is 5. The number of carbonyl (C=O) groups is 1. The molecular formula is C20H23ClF3N3O3. The molecule has 1 N–H and O–H groups in total. The Hall–Kier alpha value is -2.26. The molecule has 0 bridgehead atoms. The SMILES string of the molecule is Cc1ccc(Cl)c(OCC2(O)CCCN(C(=O)Cn3ccc(C(F)(F)F)n3)CC2)c1. The number of aryl methyl sites for hydroxylation is 1. The quantitative estimate of drug-likeness (QED) is 0.762. The number of aliphatic hydroxyl groups is 1. The second-order valence-corrected chi connectivity index (χ2v) is 7.98. The Morgan fingerprint density at radius 1 is 1.30 bits per heavy atom. The van der Waals surface area contributed by atoms with Gasteiger partial charge in [0.2, 0.25) is 5.91 Å². The van der Waals surface area contributed by atoms with E-state index in [0.717, 1.165) is 22.5 Å². The van der Waals surface area contributed by atoms with E-state index in [9.17, 15) is 23.1 Å². The molecule has 30 heavy (non-hydrogen) atoms. The van der Waals surface area contributed by atoms with E-state index in [2.05, 4.69) is 5.10 Å². The van der Waals surface area contributed by atoms with Crippen molar-refractivity contribution in [2.24, 2.45) is 0 Å². The summed E-state index contributed by atoms with van der Waals surface area (Å²) in [5, 5.41) is 14.8. The molecule has 2 heterocycles. The first kappa shape index (κ1) is 22.4. The molecule has 1 amide bonds. The van der Waals surface area contributed by atoms with Crippen LogP contribution in [0.5, 0.6) is 5.75 Å². The van der Waals surface area contributed by atoms with Crippen LogP contribution >= 0.6 is 11.6 Å². The number of ether oxygens (including phenoxy) is 1. The Bertz CT molecular complexity index is 903. The van der Waals surface area contributed by atoms with Crippen LogP contribution in [0.25, 0.3) is 0 Å². The highest BCUT2D eigenvalue weighted by Gasteiger charge is 2.35. The Morgan fingerprint density at radius 3 is 2.77 bits per heavy atom. The molecule has 1 atom stereocenters. The summed E-state index contributed by atoms with van der Waals surface area (Å²) >= 11 is 6.13. The lowest BCUT2D eigenvalue weighted by atomic mass is 9.96. The molecule has 1 aliphatic rings. The highest BCUT2D eigenvalue weighted by atomic mass is 35.5. The van der Waals surface area contributed by atoms with Crippen LogP contribution in [-0.2, 0) is 17.5 Å². The summed E-state index contributed by atoms with van der Waals surface area (Å²) in [6.07, 6.45) is -2.16. The first-order chi connectivity index (χ1) is 14.1. The molecule has 164 valence electrons. The largest absolute Gasteiger partial charge is 0.489 e. The molecule has 0 aliphatic carbocycles. The van der Waals surface area contributed by atoms with E-state index >= 15 is 0 Å². The van der Waals surface area contributed by atoms with Crippen molar-refractivity contribution in [2.45, 2.75) is 44.5 Å². The molecule has 1 aromatic heterocycles. The standard InChI is InChI=1S/C20H23ClF3N3O3/c1-14-3-4-15(21)16(11-14)30-13-19(29)6-2-8-26(10-7-19)18(28)12-27-9-5-17(25-27)20(22,23)24/h3-5,9,11,29H,2,6-8,10,12-13H2,1H3. The number of nitrogens with zero attached hydrogens (tertiary/aromatic N) is 3. The fourth-order valence-corrected chi connectivity index (χ4v) is 3.52. The third-order valence-electron chi connectivity index (χ3n) is 5.08. The molecule has 1 unspecified atom stereocenters. The van der Waals surface area contributed by atoms with Crippen molar-refractivity contribution >= 4 is 17.5 Å². The van der Waals surface area contributed by atoms with Crippen LogP contribution < -0.4 is 4.74 Å².